The van der Waals surface area contributed by atoms with Crippen LogP contribution in [-0.4, -0.2) is 14.2 Å². The van der Waals surface area contributed by atoms with Gasteiger partial charge in [0.1, 0.15) is 11.6 Å². The summed E-state index contributed by atoms with van der Waals surface area (Å²) in [5, 5.41) is 0. The monoisotopic (exact) mass is 356 g/mol. The van der Waals surface area contributed by atoms with Crippen molar-refractivity contribution in [2.75, 3.05) is 14.2 Å². The van der Waals surface area contributed by atoms with Crippen LogP contribution in [0.2, 0.25) is 0 Å². The topological polar surface area (TPSA) is 18.5 Å². The van der Waals surface area contributed by atoms with Gasteiger partial charge in [-0.15, -0.1) is 0 Å². The van der Waals surface area contributed by atoms with Gasteiger partial charge in [0.15, 0.2) is 11.5 Å². The third-order valence-electron chi connectivity index (χ3n) is 3.14. The van der Waals surface area contributed by atoms with Gasteiger partial charge in [-0.25, -0.2) is 8.78 Å². The van der Waals surface area contributed by atoms with Crippen molar-refractivity contribution in [2.45, 2.75) is 11.2 Å². The first kappa shape index (κ1) is 15.8. The standard InChI is InChI=1S/C16H15BrF2O2/c1-20-15-8-12(14(19)9-16(15)21-2)13(17)7-10-4-3-5-11(18)6-10/h3-6,8-9,13H,7H2,1-2H3. The average molecular weight is 357 g/mol. The lowest BCUT2D eigenvalue weighted by Crippen LogP contribution is -2.01. The van der Waals surface area contributed by atoms with Crippen LogP contribution in [0.3, 0.4) is 0 Å². The van der Waals surface area contributed by atoms with Crippen molar-refractivity contribution in [3.05, 3.63) is 59.2 Å². The Bertz CT molecular complexity index is 632. The zero-order chi connectivity index (χ0) is 15.4. The van der Waals surface area contributed by atoms with Crippen molar-refractivity contribution in [3.63, 3.8) is 0 Å². The zero-order valence-corrected chi connectivity index (χ0v) is 13.3. The SMILES string of the molecule is COc1cc(F)c(C(Br)Cc2cccc(F)c2)cc1OC. The number of hydrogen-bond acceptors (Lipinski definition) is 2. The lowest BCUT2D eigenvalue weighted by atomic mass is 10.0. The van der Waals surface area contributed by atoms with E-state index in [-0.39, 0.29) is 10.6 Å². The number of ether oxygens (including phenoxy) is 2. The number of hydrogen-bond donors (Lipinski definition) is 0. The highest BCUT2D eigenvalue weighted by Crippen LogP contribution is 2.36. The van der Waals surface area contributed by atoms with Crippen molar-refractivity contribution in [2.24, 2.45) is 0 Å². The Labute approximate surface area is 130 Å². The summed E-state index contributed by atoms with van der Waals surface area (Å²) in [4.78, 5) is -0.292. The third kappa shape index (κ3) is 3.73. The van der Waals surface area contributed by atoms with Crippen molar-refractivity contribution in [1.82, 2.24) is 0 Å². The molecule has 0 aliphatic rings. The molecule has 0 bridgehead atoms. The molecule has 0 amide bonds. The van der Waals surface area contributed by atoms with E-state index in [0.29, 0.717) is 23.5 Å². The first-order valence-electron chi connectivity index (χ1n) is 6.35. The maximum absolute atomic E-state index is 14.1. The highest BCUT2D eigenvalue weighted by molar-refractivity contribution is 9.09. The zero-order valence-electron chi connectivity index (χ0n) is 11.7. The van der Waals surface area contributed by atoms with Crippen LogP contribution in [0.5, 0.6) is 11.5 Å². The van der Waals surface area contributed by atoms with Crippen LogP contribution in [0.15, 0.2) is 36.4 Å². The molecule has 0 saturated heterocycles. The van der Waals surface area contributed by atoms with Gasteiger partial charge >= 0.3 is 0 Å². The fourth-order valence-electron chi connectivity index (χ4n) is 2.09. The molecule has 5 heteroatoms. The maximum Gasteiger partial charge on any atom is 0.163 e. The number of alkyl halides is 1. The summed E-state index contributed by atoms with van der Waals surface area (Å²) in [7, 11) is 2.95. The van der Waals surface area contributed by atoms with Crippen molar-refractivity contribution < 1.29 is 18.3 Å². The molecular formula is C16H15BrF2O2. The van der Waals surface area contributed by atoms with Gasteiger partial charge in [0.25, 0.3) is 0 Å². The van der Waals surface area contributed by atoms with Gasteiger partial charge in [0.2, 0.25) is 0 Å². The molecule has 1 unspecified atom stereocenters. The number of methoxy groups -OCH3 is 2. The second-order valence-electron chi connectivity index (χ2n) is 4.53. The van der Waals surface area contributed by atoms with E-state index in [0.717, 1.165) is 5.56 Å². The van der Waals surface area contributed by atoms with E-state index in [1.165, 1.54) is 32.4 Å². The molecule has 2 aromatic carbocycles. The summed E-state index contributed by atoms with van der Waals surface area (Å²) in [5.41, 5.74) is 1.22. The van der Waals surface area contributed by atoms with E-state index in [9.17, 15) is 8.78 Å². The predicted molar refractivity (Wildman–Crippen MR) is 81.3 cm³/mol. The molecule has 0 fully saturated rings. The average Bonchev–Trinajstić information content (AvgIpc) is 2.46. The number of halogens is 3. The quantitative estimate of drug-likeness (QED) is 0.725. The van der Waals surface area contributed by atoms with E-state index in [2.05, 4.69) is 15.9 Å². The maximum atomic E-state index is 14.1. The Morgan fingerprint density at radius 3 is 2.33 bits per heavy atom. The van der Waals surface area contributed by atoms with Crippen LogP contribution in [0.4, 0.5) is 8.78 Å². The second kappa shape index (κ2) is 6.89. The summed E-state index contributed by atoms with van der Waals surface area (Å²) < 4.78 is 37.6. The van der Waals surface area contributed by atoms with Gasteiger partial charge in [-0.2, -0.15) is 0 Å². The van der Waals surface area contributed by atoms with Crippen LogP contribution in [-0.2, 0) is 6.42 Å². The fraction of sp³-hybridized carbons (Fsp3) is 0.250. The van der Waals surface area contributed by atoms with E-state index in [1.807, 2.05) is 0 Å². The van der Waals surface area contributed by atoms with Crippen molar-refractivity contribution in [3.8, 4) is 11.5 Å². The van der Waals surface area contributed by atoms with Gasteiger partial charge in [0.05, 0.1) is 14.2 Å². The first-order valence-corrected chi connectivity index (χ1v) is 7.26. The molecule has 21 heavy (non-hydrogen) atoms. The molecule has 0 heterocycles. The minimum atomic E-state index is -0.397. The predicted octanol–water partition coefficient (Wildman–Crippen LogP) is 4.66. The Kier molecular flexibility index (Phi) is 5.17. The summed E-state index contributed by atoms with van der Waals surface area (Å²) in [6.07, 6.45) is 0.462. The van der Waals surface area contributed by atoms with Gasteiger partial charge in [-0.05, 0) is 30.2 Å². The van der Waals surface area contributed by atoms with Gasteiger partial charge in [0, 0.05) is 16.5 Å². The highest BCUT2D eigenvalue weighted by atomic mass is 79.9. The Morgan fingerprint density at radius 1 is 1.05 bits per heavy atom. The smallest absolute Gasteiger partial charge is 0.163 e. The minimum Gasteiger partial charge on any atom is -0.493 e. The highest BCUT2D eigenvalue weighted by Gasteiger charge is 2.18. The summed E-state index contributed by atoms with van der Waals surface area (Å²) in [5.74, 6) is 0.0905. The van der Waals surface area contributed by atoms with Crippen LogP contribution >= 0.6 is 15.9 Å². The molecule has 2 aromatic rings. The van der Waals surface area contributed by atoms with Crippen LogP contribution < -0.4 is 9.47 Å². The molecule has 0 saturated carbocycles. The second-order valence-corrected chi connectivity index (χ2v) is 5.64. The Morgan fingerprint density at radius 2 is 1.71 bits per heavy atom. The molecule has 2 rings (SSSR count). The molecule has 0 aliphatic heterocycles. The Hall–Kier alpha value is -1.62. The molecule has 112 valence electrons. The Balaban J connectivity index is 2.28. The van der Waals surface area contributed by atoms with Crippen LogP contribution in [0.1, 0.15) is 16.0 Å². The van der Waals surface area contributed by atoms with Gasteiger partial charge < -0.3 is 9.47 Å². The molecule has 0 aromatic heterocycles. The van der Waals surface area contributed by atoms with Crippen LogP contribution in [0.25, 0.3) is 0 Å². The number of benzene rings is 2. The first-order chi connectivity index (χ1) is 10.0. The molecule has 0 radical (unpaired) electrons. The number of rotatable bonds is 5. The normalized spacial score (nSPS) is 12.0. The fourth-order valence-corrected chi connectivity index (χ4v) is 2.82. The summed E-state index contributed by atoms with van der Waals surface area (Å²) in [6.45, 7) is 0. The molecule has 2 nitrogen and oxygen atoms in total. The molecule has 1 atom stereocenters. The minimum absolute atomic E-state index is 0.292. The van der Waals surface area contributed by atoms with E-state index in [4.69, 9.17) is 9.47 Å². The van der Waals surface area contributed by atoms with Crippen molar-refractivity contribution in [1.29, 1.82) is 0 Å². The van der Waals surface area contributed by atoms with E-state index >= 15 is 0 Å². The van der Waals surface area contributed by atoms with E-state index in [1.54, 1.807) is 18.2 Å². The van der Waals surface area contributed by atoms with Gasteiger partial charge in [-0.3, -0.25) is 0 Å². The summed E-state index contributed by atoms with van der Waals surface area (Å²) in [6, 6.07) is 9.13. The molecule has 0 spiro atoms. The van der Waals surface area contributed by atoms with Crippen molar-refractivity contribution >= 4 is 15.9 Å². The lowest BCUT2D eigenvalue weighted by molar-refractivity contribution is 0.351. The molecule has 0 aliphatic carbocycles. The van der Waals surface area contributed by atoms with Crippen LogP contribution in [0, 0.1) is 11.6 Å². The molecular weight excluding hydrogens is 342 g/mol. The third-order valence-corrected chi connectivity index (χ3v) is 3.96. The lowest BCUT2D eigenvalue weighted by Gasteiger charge is -2.15. The van der Waals surface area contributed by atoms with Gasteiger partial charge in [-0.1, -0.05) is 28.1 Å². The largest absolute Gasteiger partial charge is 0.493 e. The summed E-state index contributed by atoms with van der Waals surface area (Å²) >= 11 is 3.45. The van der Waals surface area contributed by atoms with E-state index < -0.39 is 5.82 Å². The molecule has 0 N–H and O–H groups in total.